The van der Waals surface area contributed by atoms with E-state index >= 15 is 0 Å². The largest absolute Gasteiger partial charge is 0.439 e. The van der Waals surface area contributed by atoms with Crippen LogP contribution in [-0.4, -0.2) is 41.0 Å². The van der Waals surface area contributed by atoms with Crippen LogP contribution in [0.4, 0.5) is 0 Å². The minimum Gasteiger partial charge on any atom is -0.439 e. The molecule has 0 bridgehead atoms. The van der Waals surface area contributed by atoms with E-state index in [0.717, 1.165) is 49.7 Å². The van der Waals surface area contributed by atoms with Crippen LogP contribution in [0.5, 0.6) is 0 Å². The average Bonchev–Trinajstić information content (AvgIpc) is 3.35. The first kappa shape index (κ1) is 15.1. The van der Waals surface area contributed by atoms with Crippen LogP contribution in [-0.2, 0) is 12.1 Å². The third-order valence-electron chi connectivity index (χ3n) is 5.64. The molecule has 0 unspecified atom stereocenters. The van der Waals surface area contributed by atoms with Crippen LogP contribution in [0.1, 0.15) is 24.3 Å². The first-order valence-electron chi connectivity index (χ1n) is 9.21. The molecule has 2 fully saturated rings. The number of hydrogen-bond donors (Lipinski definition) is 0. The molecular formula is C21H23N3O. The number of benzene rings is 2. The summed E-state index contributed by atoms with van der Waals surface area (Å²) >= 11 is 0. The zero-order chi connectivity index (χ0) is 16.7. The predicted molar refractivity (Wildman–Crippen MR) is 98.2 cm³/mol. The summed E-state index contributed by atoms with van der Waals surface area (Å²) < 4.78 is 6.10. The van der Waals surface area contributed by atoms with Crippen molar-refractivity contribution < 1.29 is 4.42 Å². The molecule has 4 nitrogen and oxygen atoms in total. The van der Waals surface area contributed by atoms with Crippen molar-refractivity contribution >= 4 is 11.1 Å². The van der Waals surface area contributed by atoms with E-state index in [1.54, 1.807) is 0 Å². The molecule has 1 saturated heterocycles. The van der Waals surface area contributed by atoms with Crippen molar-refractivity contribution in [3.8, 4) is 0 Å². The highest BCUT2D eigenvalue weighted by Gasteiger charge is 2.54. The zero-order valence-electron chi connectivity index (χ0n) is 14.4. The van der Waals surface area contributed by atoms with Gasteiger partial charge in [-0.2, -0.15) is 0 Å². The second kappa shape index (κ2) is 5.97. The molecule has 3 aromatic rings. The SMILES string of the molecule is c1ccc(CN2CCN(C3(c4nc5ccccc5o4)CC3)CC2)cc1. The van der Waals surface area contributed by atoms with E-state index in [2.05, 4.69) is 40.1 Å². The third kappa shape index (κ3) is 2.75. The Bertz CT molecular complexity index is 828. The molecule has 1 aromatic heterocycles. The molecular weight excluding hydrogens is 310 g/mol. The second-order valence-corrected chi connectivity index (χ2v) is 7.27. The zero-order valence-corrected chi connectivity index (χ0v) is 14.4. The summed E-state index contributed by atoms with van der Waals surface area (Å²) in [5, 5.41) is 0. The van der Waals surface area contributed by atoms with E-state index in [4.69, 9.17) is 9.40 Å². The lowest BCUT2D eigenvalue weighted by molar-refractivity contribution is 0.0679. The Morgan fingerprint density at radius 3 is 2.32 bits per heavy atom. The molecule has 5 rings (SSSR count). The molecule has 0 N–H and O–H groups in total. The first-order valence-corrected chi connectivity index (χ1v) is 9.21. The van der Waals surface area contributed by atoms with Gasteiger partial charge in [0.05, 0.1) is 5.54 Å². The molecule has 4 heteroatoms. The molecule has 1 aliphatic carbocycles. The van der Waals surface area contributed by atoms with E-state index in [1.807, 2.05) is 24.3 Å². The molecule has 0 amide bonds. The summed E-state index contributed by atoms with van der Waals surface area (Å²) in [7, 11) is 0. The van der Waals surface area contributed by atoms with Gasteiger partial charge in [0.2, 0.25) is 5.89 Å². The van der Waals surface area contributed by atoms with Gasteiger partial charge >= 0.3 is 0 Å². The van der Waals surface area contributed by atoms with Crippen LogP contribution in [0.3, 0.4) is 0 Å². The molecule has 128 valence electrons. The van der Waals surface area contributed by atoms with E-state index in [-0.39, 0.29) is 5.54 Å². The molecule has 2 heterocycles. The molecule has 1 aliphatic heterocycles. The lowest BCUT2D eigenvalue weighted by Gasteiger charge is -2.38. The summed E-state index contributed by atoms with van der Waals surface area (Å²) in [5.41, 5.74) is 3.34. The predicted octanol–water partition coefficient (Wildman–Crippen LogP) is 3.63. The van der Waals surface area contributed by atoms with Gasteiger partial charge in [0.1, 0.15) is 5.52 Å². The molecule has 25 heavy (non-hydrogen) atoms. The molecule has 2 aromatic carbocycles. The Hall–Kier alpha value is -2.17. The van der Waals surface area contributed by atoms with Crippen molar-refractivity contribution in [2.45, 2.75) is 24.9 Å². The number of hydrogen-bond acceptors (Lipinski definition) is 4. The summed E-state index contributed by atoms with van der Waals surface area (Å²) in [4.78, 5) is 9.93. The van der Waals surface area contributed by atoms with Crippen LogP contribution in [0, 0.1) is 0 Å². The minimum atomic E-state index is 0.0534. The summed E-state index contributed by atoms with van der Waals surface area (Å²) in [6.07, 6.45) is 2.33. The lowest BCUT2D eigenvalue weighted by atomic mass is 10.1. The van der Waals surface area contributed by atoms with Crippen molar-refractivity contribution in [1.82, 2.24) is 14.8 Å². The van der Waals surface area contributed by atoms with Crippen LogP contribution >= 0.6 is 0 Å². The van der Waals surface area contributed by atoms with Crippen molar-refractivity contribution in [2.75, 3.05) is 26.2 Å². The standard InChI is InChI=1S/C21H23N3O/c1-2-6-17(7-3-1)16-23-12-14-24(15-13-23)21(10-11-21)20-22-18-8-4-5-9-19(18)25-20/h1-9H,10-16H2. The number of piperazine rings is 1. The van der Waals surface area contributed by atoms with Gasteiger partial charge in [0.25, 0.3) is 0 Å². The first-order chi connectivity index (χ1) is 12.3. The molecule has 1 saturated carbocycles. The Balaban J connectivity index is 1.28. The second-order valence-electron chi connectivity index (χ2n) is 7.27. The number of nitrogens with zero attached hydrogens (tertiary/aromatic N) is 3. The number of oxazole rings is 1. The van der Waals surface area contributed by atoms with Crippen LogP contribution in [0.25, 0.3) is 11.1 Å². The Morgan fingerprint density at radius 2 is 1.60 bits per heavy atom. The van der Waals surface area contributed by atoms with Crippen LogP contribution in [0.2, 0.25) is 0 Å². The highest BCUT2D eigenvalue weighted by Crippen LogP contribution is 2.51. The third-order valence-corrected chi connectivity index (χ3v) is 5.64. The average molecular weight is 333 g/mol. The normalized spacial score (nSPS) is 20.8. The maximum atomic E-state index is 6.10. The maximum absolute atomic E-state index is 6.10. The van der Waals surface area contributed by atoms with E-state index in [1.165, 1.54) is 18.4 Å². The molecule has 0 spiro atoms. The van der Waals surface area contributed by atoms with Crippen molar-refractivity contribution in [2.24, 2.45) is 0 Å². The van der Waals surface area contributed by atoms with Crippen molar-refractivity contribution in [3.63, 3.8) is 0 Å². The van der Waals surface area contributed by atoms with Crippen LogP contribution < -0.4 is 0 Å². The maximum Gasteiger partial charge on any atom is 0.216 e. The number of aromatic nitrogens is 1. The van der Waals surface area contributed by atoms with E-state index in [9.17, 15) is 0 Å². The molecule has 0 atom stereocenters. The Kier molecular flexibility index (Phi) is 3.61. The summed E-state index contributed by atoms with van der Waals surface area (Å²) in [6.45, 7) is 5.44. The lowest BCUT2D eigenvalue weighted by Crippen LogP contribution is -2.50. The van der Waals surface area contributed by atoms with Gasteiger partial charge in [0, 0.05) is 32.7 Å². The van der Waals surface area contributed by atoms with Crippen molar-refractivity contribution in [3.05, 3.63) is 66.1 Å². The Morgan fingerprint density at radius 1 is 0.880 bits per heavy atom. The number of rotatable bonds is 4. The van der Waals surface area contributed by atoms with E-state index < -0.39 is 0 Å². The van der Waals surface area contributed by atoms with Gasteiger partial charge < -0.3 is 4.42 Å². The summed E-state index contributed by atoms with van der Waals surface area (Å²) in [5.74, 6) is 0.921. The fourth-order valence-corrected chi connectivity index (χ4v) is 4.03. The topological polar surface area (TPSA) is 32.5 Å². The fraction of sp³-hybridized carbons (Fsp3) is 0.381. The number of fused-ring (bicyclic) bond motifs is 1. The van der Waals surface area contributed by atoms with Gasteiger partial charge in [-0.25, -0.2) is 4.98 Å². The monoisotopic (exact) mass is 333 g/mol. The van der Waals surface area contributed by atoms with Crippen LogP contribution in [0.15, 0.2) is 59.0 Å². The quantitative estimate of drug-likeness (QED) is 0.730. The minimum absolute atomic E-state index is 0.0534. The van der Waals surface area contributed by atoms with Gasteiger partial charge in [-0.05, 0) is 30.5 Å². The van der Waals surface area contributed by atoms with E-state index in [0.29, 0.717) is 0 Å². The summed E-state index contributed by atoms with van der Waals surface area (Å²) in [6, 6.07) is 18.8. The highest BCUT2D eigenvalue weighted by molar-refractivity contribution is 5.72. The fourth-order valence-electron chi connectivity index (χ4n) is 4.03. The van der Waals surface area contributed by atoms with Gasteiger partial charge in [0.15, 0.2) is 5.58 Å². The van der Waals surface area contributed by atoms with Gasteiger partial charge in [-0.15, -0.1) is 0 Å². The Labute approximate surface area is 148 Å². The smallest absolute Gasteiger partial charge is 0.216 e. The molecule has 0 radical (unpaired) electrons. The van der Waals surface area contributed by atoms with Gasteiger partial charge in [-0.1, -0.05) is 42.5 Å². The number of para-hydroxylation sites is 2. The van der Waals surface area contributed by atoms with Crippen molar-refractivity contribution in [1.29, 1.82) is 0 Å². The highest BCUT2D eigenvalue weighted by atomic mass is 16.4. The molecule has 2 aliphatic rings. The van der Waals surface area contributed by atoms with Gasteiger partial charge in [-0.3, -0.25) is 9.80 Å².